The van der Waals surface area contributed by atoms with Gasteiger partial charge in [-0.25, -0.2) is 8.42 Å². The minimum atomic E-state index is -3.67. The summed E-state index contributed by atoms with van der Waals surface area (Å²) in [5.74, 6) is 0. The summed E-state index contributed by atoms with van der Waals surface area (Å²) in [5.41, 5.74) is -0.0795. The van der Waals surface area contributed by atoms with Gasteiger partial charge in [0.25, 0.3) is 0 Å². The maximum Gasteiger partial charge on any atom is 0.245 e. The second-order valence-corrected chi connectivity index (χ2v) is 7.82. The van der Waals surface area contributed by atoms with Gasteiger partial charge in [0, 0.05) is 24.7 Å². The molecule has 3 heterocycles. The minimum Gasteiger partial charge on any atom is -0.379 e. The number of ether oxygens (including phenoxy) is 2. The Kier molecular flexibility index (Phi) is 3.60. The van der Waals surface area contributed by atoms with E-state index in [1.165, 1.54) is 0 Å². The Morgan fingerprint density at radius 3 is 2.65 bits per heavy atom. The quantitative estimate of drug-likeness (QED) is 0.831. The molecule has 0 bridgehead atoms. The second kappa shape index (κ2) is 5.52. The number of morpholine rings is 1. The monoisotopic (exact) mass is 334 g/mol. The van der Waals surface area contributed by atoms with E-state index in [1.807, 2.05) is 12.1 Å². The second-order valence-electron chi connectivity index (χ2n) is 5.99. The summed E-state index contributed by atoms with van der Waals surface area (Å²) in [6.07, 6.45) is 2.28. The van der Waals surface area contributed by atoms with Crippen molar-refractivity contribution >= 4 is 20.9 Å². The molecule has 0 N–H and O–H groups in total. The van der Waals surface area contributed by atoms with Crippen molar-refractivity contribution in [3.63, 3.8) is 0 Å². The lowest BCUT2D eigenvalue weighted by molar-refractivity contribution is -0.0292. The largest absolute Gasteiger partial charge is 0.379 e. The molecular weight excluding hydrogens is 316 g/mol. The molecule has 7 heteroatoms. The van der Waals surface area contributed by atoms with E-state index >= 15 is 0 Å². The average Bonchev–Trinajstić information content (AvgIpc) is 3.03. The van der Waals surface area contributed by atoms with Crippen LogP contribution in [0.4, 0.5) is 0 Å². The Hall–Kier alpha value is -1.54. The molecule has 122 valence electrons. The maximum absolute atomic E-state index is 13.3. The molecule has 1 aromatic heterocycles. The van der Waals surface area contributed by atoms with Crippen LogP contribution in [0.25, 0.3) is 10.9 Å². The molecule has 2 aliphatic heterocycles. The van der Waals surface area contributed by atoms with Gasteiger partial charge in [0.05, 0.1) is 30.9 Å². The third-order valence-electron chi connectivity index (χ3n) is 4.58. The van der Waals surface area contributed by atoms with Gasteiger partial charge in [0.2, 0.25) is 10.0 Å². The van der Waals surface area contributed by atoms with Crippen LogP contribution in [0.3, 0.4) is 0 Å². The molecule has 0 saturated carbocycles. The van der Waals surface area contributed by atoms with E-state index in [2.05, 4.69) is 4.98 Å². The summed E-state index contributed by atoms with van der Waals surface area (Å²) in [5, 5.41) is 0.818. The zero-order valence-electron chi connectivity index (χ0n) is 12.6. The normalized spacial score (nSPS) is 26.1. The molecule has 0 aliphatic carbocycles. The molecule has 0 radical (unpaired) electrons. The fraction of sp³-hybridized carbons (Fsp3) is 0.438. The zero-order chi connectivity index (χ0) is 15.9. The predicted octanol–water partition coefficient (Wildman–Crippen LogP) is 1.41. The van der Waals surface area contributed by atoms with Crippen LogP contribution >= 0.6 is 0 Å². The van der Waals surface area contributed by atoms with Crippen LogP contribution in [-0.4, -0.2) is 56.2 Å². The lowest BCUT2D eigenvalue weighted by atomic mass is 9.99. The number of sulfonamides is 1. The van der Waals surface area contributed by atoms with Gasteiger partial charge >= 0.3 is 0 Å². The Morgan fingerprint density at radius 2 is 1.87 bits per heavy atom. The molecular formula is C16H18N2O4S. The summed E-state index contributed by atoms with van der Waals surface area (Å²) in [6, 6.07) is 8.93. The van der Waals surface area contributed by atoms with E-state index < -0.39 is 15.6 Å². The molecule has 23 heavy (non-hydrogen) atoms. The SMILES string of the molecule is O=S(=O)(c1cccc2cccnc12)N1CCOC[C@@]12CCOC2. The van der Waals surface area contributed by atoms with Crippen LogP contribution in [0.2, 0.25) is 0 Å². The van der Waals surface area contributed by atoms with Gasteiger partial charge in [-0.3, -0.25) is 4.98 Å². The third-order valence-corrected chi connectivity index (χ3v) is 6.62. The van der Waals surface area contributed by atoms with Crippen LogP contribution in [-0.2, 0) is 19.5 Å². The van der Waals surface area contributed by atoms with Gasteiger partial charge in [-0.05, 0) is 18.6 Å². The van der Waals surface area contributed by atoms with Gasteiger partial charge < -0.3 is 9.47 Å². The molecule has 1 aromatic carbocycles. The number of para-hydroxylation sites is 1. The van der Waals surface area contributed by atoms with Gasteiger partial charge in [-0.15, -0.1) is 0 Å². The van der Waals surface area contributed by atoms with Gasteiger partial charge in [-0.2, -0.15) is 4.31 Å². The van der Waals surface area contributed by atoms with Crippen molar-refractivity contribution in [3.8, 4) is 0 Å². The standard InChI is InChI=1S/C16H18N2O4S/c19-23(20,14-5-1-3-13-4-2-7-17-15(13)14)18-8-10-22-12-16(18)6-9-21-11-16/h1-5,7H,6,8-12H2/t16-/m0/s1. The molecule has 6 nitrogen and oxygen atoms in total. The molecule has 1 atom stereocenters. The van der Waals surface area contributed by atoms with E-state index in [4.69, 9.17) is 9.47 Å². The molecule has 0 unspecified atom stereocenters. The smallest absolute Gasteiger partial charge is 0.245 e. The van der Waals surface area contributed by atoms with E-state index in [-0.39, 0.29) is 4.90 Å². The number of hydrogen-bond donors (Lipinski definition) is 0. The van der Waals surface area contributed by atoms with E-state index in [0.29, 0.717) is 44.9 Å². The third kappa shape index (κ3) is 2.35. The van der Waals surface area contributed by atoms with Crippen molar-refractivity contribution in [2.24, 2.45) is 0 Å². The Morgan fingerprint density at radius 1 is 1.09 bits per heavy atom. The summed E-state index contributed by atoms with van der Waals surface area (Å²) in [6.45, 7) is 2.06. The predicted molar refractivity (Wildman–Crippen MR) is 84.6 cm³/mol. The molecule has 2 aromatic rings. The number of benzene rings is 1. The van der Waals surface area contributed by atoms with Crippen molar-refractivity contribution in [1.82, 2.24) is 9.29 Å². The van der Waals surface area contributed by atoms with Crippen LogP contribution in [0.1, 0.15) is 6.42 Å². The summed E-state index contributed by atoms with van der Waals surface area (Å²) >= 11 is 0. The van der Waals surface area contributed by atoms with E-state index in [0.717, 1.165) is 5.39 Å². The number of rotatable bonds is 2. The van der Waals surface area contributed by atoms with Gasteiger partial charge in [-0.1, -0.05) is 18.2 Å². The number of aromatic nitrogens is 1. The first-order valence-corrected chi connectivity index (χ1v) is 9.10. The van der Waals surface area contributed by atoms with E-state index in [1.54, 1.807) is 28.7 Å². The fourth-order valence-corrected chi connectivity index (χ4v) is 5.33. The van der Waals surface area contributed by atoms with Crippen molar-refractivity contribution in [2.45, 2.75) is 16.9 Å². The molecule has 2 saturated heterocycles. The van der Waals surface area contributed by atoms with Crippen molar-refractivity contribution < 1.29 is 17.9 Å². The first-order valence-electron chi connectivity index (χ1n) is 7.66. The van der Waals surface area contributed by atoms with Crippen LogP contribution < -0.4 is 0 Å². The topological polar surface area (TPSA) is 68.7 Å². The number of fused-ring (bicyclic) bond motifs is 1. The van der Waals surface area contributed by atoms with E-state index in [9.17, 15) is 8.42 Å². The van der Waals surface area contributed by atoms with Crippen LogP contribution in [0.15, 0.2) is 41.4 Å². The fourth-order valence-electron chi connectivity index (χ4n) is 3.40. The molecule has 2 aliphatic rings. The Balaban J connectivity index is 1.85. The summed E-state index contributed by atoms with van der Waals surface area (Å²) in [4.78, 5) is 4.54. The van der Waals surface area contributed by atoms with Gasteiger partial charge in [0.15, 0.2) is 0 Å². The maximum atomic E-state index is 13.3. The molecule has 4 rings (SSSR count). The van der Waals surface area contributed by atoms with Crippen LogP contribution in [0, 0.1) is 0 Å². The highest BCUT2D eigenvalue weighted by Gasteiger charge is 2.49. The summed E-state index contributed by atoms with van der Waals surface area (Å²) in [7, 11) is -3.67. The molecule has 2 fully saturated rings. The minimum absolute atomic E-state index is 0.253. The zero-order valence-corrected chi connectivity index (χ0v) is 13.5. The first kappa shape index (κ1) is 15.0. The van der Waals surface area contributed by atoms with Crippen LogP contribution in [0.5, 0.6) is 0 Å². The average molecular weight is 334 g/mol. The highest BCUT2D eigenvalue weighted by molar-refractivity contribution is 7.89. The van der Waals surface area contributed by atoms with Crippen molar-refractivity contribution in [2.75, 3.05) is 33.0 Å². The van der Waals surface area contributed by atoms with Crippen molar-refractivity contribution in [3.05, 3.63) is 36.5 Å². The highest BCUT2D eigenvalue weighted by atomic mass is 32.2. The highest BCUT2D eigenvalue weighted by Crippen LogP contribution is 2.35. The van der Waals surface area contributed by atoms with Gasteiger partial charge in [0.1, 0.15) is 4.90 Å². The number of nitrogens with zero attached hydrogens (tertiary/aromatic N) is 2. The number of hydrogen-bond acceptors (Lipinski definition) is 5. The lowest BCUT2D eigenvalue weighted by Crippen LogP contribution is -2.59. The lowest BCUT2D eigenvalue weighted by Gasteiger charge is -2.42. The Bertz CT molecular complexity index is 826. The molecule has 0 amide bonds. The molecule has 1 spiro atoms. The van der Waals surface area contributed by atoms with Crippen molar-refractivity contribution in [1.29, 1.82) is 0 Å². The first-order chi connectivity index (χ1) is 11.1. The summed E-state index contributed by atoms with van der Waals surface area (Å²) < 4.78 is 39.3. The number of pyridine rings is 1. The Labute approximate surface area is 135 Å².